The lowest BCUT2D eigenvalue weighted by Gasteiger charge is -2.27. The van der Waals surface area contributed by atoms with Crippen LogP contribution in [0.3, 0.4) is 0 Å². The summed E-state index contributed by atoms with van der Waals surface area (Å²) in [7, 11) is 0. The molecule has 1 aliphatic carbocycles. The van der Waals surface area contributed by atoms with Crippen LogP contribution >= 0.6 is 0 Å². The molecule has 1 aromatic rings. The van der Waals surface area contributed by atoms with Crippen LogP contribution in [0.1, 0.15) is 36.5 Å². The summed E-state index contributed by atoms with van der Waals surface area (Å²) >= 11 is 0. The molecule has 0 spiro atoms. The molecular weight excluding hydrogens is 244 g/mol. The standard InChI is InChI=1S/C14H16N2O3/c1-14-7-3-6-10(14)15-9-5-2-4-8(12(17)18)11(9)16-13(14)19/h2,4-5,10,15H,3,6-7H2,1H3,(H,16,19)(H,17,18). The number of benzene rings is 1. The number of carbonyl (C=O) groups excluding carboxylic acids is 1. The Balaban J connectivity index is 2.11. The second-order valence-electron chi connectivity index (χ2n) is 5.49. The highest BCUT2D eigenvalue weighted by molar-refractivity contribution is 6.07. The summed E-state index contributed by atoms with van der Waals surface area (Å²) in [6.07, 6.45) is 2.77. The highest BCUT2D eigenvalue weighted by Crippen LogP contribution is 2.44. The zero-order valence-electron chi connectivity index (χ0n) is 10.7. The van der Waals surface area contributed by atoms with Gasteiger partial charge in [0.15, 0.2) is 0 Å². The third-order valence-corrected chi connectivity index (χ3v) is 4.34. The molecule has 2 atom stereocenters. The molecule has 2 unspecified atom stereocenters. The molecule has 19 heavy (non-hydrogen) atoms. The second-order valence-corrected chi connectivity index (χ2v) is 5.49. The van der Waals surface area contributed by atoms with Gasteiger partial charge in [0.1, 0.15) is 0 Å². The van der Waals surface area contributed by atoms with E-state index in [2.05, 4.69) is 10.6 Å². The summed E-state index contributed by atoms with van der Waals surface area (Å²) in [6, 6.07) is 5.08. The summed E-state index contributed by atoms with van der Waals surface area (Å²) in [5, 5.41) is 15.3. The van der Waals surface area contributed by atoms with Gasteiger partial charge in [-0.15, -0.1) is 0 Å². The van der Waals surface area contributed by atoms with Crippen molar-refractivity contribution in [1.29, 1.82) is 0 Å². The lowest BCUT2D eigenvalue weighted by Crippen LogP contribution is -2.41. The summed E-state index contributed by atoms with van der Waals surface area (Å²) < 4.78 is 0. The van der Waals surface area contributed by atoms with E-state index in [0.29, 0.717) is 11.4 Å². The fourth-order valence-corrected chi connectivity index (χ4v) is 3.10. The molecular formula is C14H16N2O3. The van der Waals surface area contributed by atoms with Gasteiger partial charge in [-0.25, -0.2) is 4.79 Å². The molecule has 1 aliphatic heterocycles. The number of anilines is 2. The van der Waals surface area contributed by atoms with Crippen LogP contribution in [-0.4, -0.2) is 23.0 Å². The Hall–Kier alpha value is -2.04. The van der Waals surface area contributed by atoms with Crippen molar-refractivity contribution in [3.05, 3.63) is 23.8 Å². The summed E-state index contributed by atoms with van der Waals surface area (Å²) in [4.78, 5) is 23.7. The van der Waals surface area contributed by atoms with Crippen LogP contribution in [0.2, 0.25) is 0 Å². The SMILES string of the molecule is CC12CCCC1Nc1cccc(C(=O)O)c1NC2=O. The van der Waals surface area contributed by atoms with Gasteiger partial charge < -0.3 is 15.7 Å². The van der Waals surface area contributed by atoms with Crippen LogP contribution in [0.15, 0.2) is 18.2 Å². The molecule has 0 radical (unpaired) electrons. The Morgan fingerprint density at radius 2 is 2.26 bits per heavy atom. The molecule has 100 valence electrons. The number of carboxylic acids is 1. The first-order chi connectivity index (χ1) is 9.02. The number of para-hydroxylation sites is 1. The number of amides is 1. The number of hydrogen-bond acceptors (Lipinski definition) is 3. The van der Waals surface area contributed by atoms with Gasteiger partial charge in [0.05, 0.1) is 22.4 Å². The molecule has 3 N–H and O–H groups in total. The van der Waals surface area contributed by atoms with Gasteiger partial charge in [-0.05, 0) is 31.9 Å². The van der Waals surface area contributed by atoms with Crippen molar-refractivity contribution in [2.75, 3.05) is 10.6 Å². The summed E-state index contributed by atoms with van der Waals surface area (Å²) in [6.45, 7) is 1.94. The van der Waals surface area contributed by atoms with Gasteiger partial charge in [0.2, 0.25) is 5.91 Å². The Kier molecular flexibility index (Phi) is 2.52. The van der Waals surface area contributed by atoms with E-state index >= 15 is 0 Å². The van der Waals surface area contributed by atoms with E-state index in [1.165, 1.54) is 6.07 Å². The maximum absolute atomic E-state index is 12.4. The highest BCUT2D eigenvalue weighted by Gasteiger charge is 2.47. The van der Waals surface area contributed by atoms with Gasteiger partial charge >= 0.3 is 5.97 Å². The Labute approximate surface area is 111 Å². The molecule has 5 heteroatoms. The molecule has 1 fully saturated rings. The number of rotatable bonds is 1. The number of carbonyl (C=O) groups is 2. The number of carboxylic acid groups (broad SMARTS) is 1. The minimum atomic E-state index is -1.03. The first kappa shape index (κ1) is 12.0. The van der Waals surface area contributed by atoms with E-state index in [1.54, 1.807) is 6.07 Å². The fraction of sp³-hybridized carbons (Fsp3) is 0.429. The Bertz CT molecular complexity index is 570. The van der Waals surface area contributed by atoms with Crippen molar-refractivity contribution in [2.24, 2.45) is 5.41 Å². The second kappa shape index (κ2) is 3.98. The van der Waals surface area contributed by atoms with Gasteiger partial charge in [-0.1, -0.05) is 12.5 Å². The van der Waals surface area contributed by atoms with Gasteiger partial charge in [-0.2, -0.15) is 0 Å². The zero-order chi connectivity index (χ0) is 13.6. The van der Waals surface area contributed by atoms with Crippen molar-refractivity contribution in [3.63, 3.8) is 0 Å². The summed E-state index contributed by atoms with van der Waals surface area (Å²) in [5.74, 6) is -1.12. The van der Waals surface area contributed by atoms with Crippen LogP contribution in [0.4, 0.5) is 11.4 Å². The molecule has 0 saturated heterocycles. The van der Waals surface area contributed by atoms with Crippen LogP contribution in [0.25, 0.3) is 0 Å². The predicted molar refractivity (Wildman–Crippen MR) is 71.4 cm³/mol. The van der Waals surface area contributed by atoms with Gasteiger partial charge in [-0.3, -0.25) is 4.79 Å². The van der Waals surface area contributed by atoms with Gasteiger partial charge in [0, 0.05) is 6.04 Å². The van der Waals surface area contributed by atoms with Crippen molar-refractivity contribution in [1.82, 2.24) is 0 Å². The van der Waals surface area contributed by atoms with Crippen molar-refractivity contribution < 1.29 is 14.7 Å². The predicted octanol–water partition coefficient (Wildman–Crippen LogP) is 2.31. The van der Waals surface area contributed by atoms with E-state index in [-0.39, 0.29) is 17.5 Å². The quantitative estimate of drug-likeness (QED) is 0.724. The number of fused-ring (bicyclic) bond motifs is 2. The third-order valence-electron chi connectivity index (χ3n) is 4.34. The fourth-order valence-electron chi connectivity index (χ4n) is 3.10. The van der Waals surface area contributed by atoms with Crippen LogP contribution in [-0.2, 0) is 4.79 Å². The number of nitrogens with one attached hydrogen (secondary N) is 2. The monoisotopic (exact) mass is 260 g/mol. The van der Waals surface area contributed by atoms with E-state index in [4.69, 9.17) is 0 Å². The largest absolute Gasteiger partial charge is 0.478 e. The summed E-state index contributed by atoms with van der Waals surface area (Å²) in [5.41, 5.74) is 0.746. The zero-order valence-corrected chi connectivity index (χ0v) is 10.7. The number of aromatic carboxylic acids is 1. The third kappa shape index (κ3) is 1.69. The van der Waals surface area contributed by atoms with E-state index in [0.717, 1.165) is 19.3 Å². The molecule has 0 aromatic heterocycles. The van der Waals surface area contributed by atoms with Gasteiger partial charge in [0.25, 0.3) is 0 Å². The average molecular weight is 260 g/mol. The van der Waals surface area contributed by atoms with E-state index < -0.39 is 11.4 Å². The van der Waals surface area contributed by atoms with Crippen molar-refractivity contribution >= 4 is 23.3 Å². The molecule has 3 rings (SSSR count). The van der Waals surface area contributed by atoms with Crippen molar-refractivity contribution in [2.45, 2.75) is 32.2 Å². The normalized spacial score (nSPS) is 28.7. The molecule has 5 nitrogen and oxygen atoms in total. The van der Waals surface area contributed by atoms with Crippen LogP contribution in [0.5, 0.6) is 0 Å². The Morgan fingerprint density at radius 1 is 1.47 bits per heavy atom. The first-order valence-electron chi connectivity index (χ1n) is 6.47. The minimum Gasteiger partial charge on any atom is -0.478 e. The minimum absolute atomic E-state index is 0.0674. The van der Waals surface area contributed by atoms with Crippen molar-refractivity contribution in [3.8, 4) is 0 Å². The maximum atomic E-state index is 12.4. The maximum Gasteiger partial charge on any atom is 0.337 e. The van der Waals surface area contributed by atoms with Crippen LogP contribution in [0, 0.1) is 5.41 Å². The molecule has 1 saturated carbocycles. The topological polar surface area (TPSA) is 78.4 Å². The van der Waals surface area contributed by atoms with E-state index in [9.17, 15) is 14.7 Å². The molecule has 1 aromatic carbocycles. The molecule has 1 amide bonds. The molecule has 0 bridgehead atoms. The molecule has 1 heterocycles. The lowest BCUT2D eigenvalue weighted by molar-refractivity contribution is -0.124. The number of hydrogen-bond donors (Lipinski definition) is 3. The lowest BCUT2D eigenvalue weighted by atomic mass is 9.84. The average Bonchev–Trinajstić information content (AvgIpc) is 2.69. The van der Waals surface area contributed by atoms with Crippen LogP contribution < -0.4 is 10.6 Å². The molecule has 2 aliphatic rings. The smallest absolute Gasteiger partial charge is 0.337 e. The van der Waals surface area contributed by atoms with E-state index in [1.807, 2.05) is 13.0 Å². The highest BCUT2D eigenvalue weighted by atomic mass is 16.4. The Morgan fingerprint density at radius 3 is 3.00 bits per heavy atom. The first-order valence-corrected chi connectivity index (χ1v) is 6.47.